The molecule has 14 heteroatoms. The fourth-order valence-electron chi connectivity index (χ4n) is 6.99. The maximum absolute atomic E-state index is 16.2. The van der Waals surface area contributed by atoms with Gasteiger partial charge in [-0.25, -0.2) is 4.39 Å². The van der Waals surface area contributed by atoms with Crippen LogP contribution in [0.4, 0.5) is 23.2 Å². The van der Waals surface area contributed by atoms with Crippen LogP contribution in [0.2, 0.25) is 0 Å². The van der Waals surface area contributed by atoms with Crippen molar-refractivity contribution in [1.82, 2.24) is 14.7 Å². The first-order valence-corrected chi connectivity index (χ1v) is 15.1. The summed E-state index contributed by atoms with van der Waals surface area (Å²) in [5.41, 5.74) is -2.04. The number of hydrogen-bond donors (Lipinski definition) is 1. The first-order valence-electron chi connectivity index (χ1n) is 15.1. The van der Waals surface area contributed by atoms with Gasteiger partial charge in [0, 0.05) is 83.4 Å². The van der Waals surface area contributed by atoms with Crippen molar-refractivity contribution in [3.63, 3.8) is 0 Å². The zero-order chi connectivity index (χ0) is 31.6. The third kappa shape index (κ3) is 6.96. The van der Waals surface area contributed by atoms with E-state index in [1.165, 1.54) is 18.1 Å². The monoisotopic (exact) mass is 628 g/mol. The van der Waals surface area contributed by atoms with Crippen molar-refractivity contribution in [3.8, 4) is 0 Å². The standard InChI is InChI=1S/C30H40F4N4O6/c1-43-18-21-15-38(28(42)29(31)6-9-35(19-29)17-26(39)37-10-12-44-13-11-37)16-24(21)23-3-2-22(30(32,33)34)14-25(23)36-7-4-20(5-8-36)27(40)41/h2-3,14,20-21,24H,4-13,15-19H2,1H3,(H,40,41)/t21-,24+,29-/m1/s1. The predicted molar refractivity (Wildman–Crippen MR) is 151 cm³/mol. The molecule has 0 radical (unpaired) electrons. The van der Waals surface area contributed by atoms with E-state index in [4.69, 9.17) is 9.47 Å². The number of aliphatic carboxylic acids is 1. The molecule has 4 saturated heterocycles. The third-order valence-corrected chi connectivity index (χ3v) is 9.46. The molecule has 0 aliphatic carbocycles. The molecule has 1 N–H and O–H groups in total. The van der Waals surface area contributed by atoms with Crippen LogP contribution < -0.4 is 4.90 Å². The molecule has 4 heterocycles. The Labute approximate surface area is 253 Å². The molecule has 0 aromatic heterocycles. The lowest BCUT2D eigenvalue weighted by Gasteiger charge is -2.35. The Hall–Kier alpha value is -2.97. The number of alkyl halides is 4. The van der Waals surface area contributed by atoms with Gasteiger partial charge in [0.1, 0.15) is 0 Å². The molecule has 1 aromatic carbocycles. The Morgan fingerprint density at radius 2 is 1.75 bits per heavy atom. The number of carbonyl (C=O) groups is 3. The number of anilines is 1. The summed E-state index contributed by atoms with van der Waals surface area (Å²) in [5.74, 6) is -3.00. The quantitative estimate of drug-likeness (QED) is 0.439. The lowest BCUT2D eigenvalue weighted by atomic mass is 9.86. The molecule has 4 fully saturated rings. The van der Waals surface area contributed by atoms with E-state index < -0.39 is 41.1 Å². The minimum absolute atomic E-state index is 0.0152. The smallest absolute Gasteiger partial charge is 0.416 e. The molecule has 4 aliphatic heterocycles. The molecule has 10 nitrogen and oxygen atoms in total. The summed E-state index contributed by atoms with van der Waals surface area (Å²) in [6.07, 6.45) is -4.02. The number of carbonyl (C=O) groups excluding carboxylic acids is 2. The van der Waals surface area contributed by atoms with Crippen molar-refractivity contribution in [3.05, 3.63) is 29.3 Å². The molecule has 0 saturated carbocycles. The highest BCUT2D eigenvalue weighted by Crippen LogP contribution is 2.43. The normalized spacial score (nSPS) is 27.2. The number of carboxylic acid groups (broad SMARTS) is 1. The number of amides is 2. The van der Waals surface area contributed by atoms with Crippen molar-refractivity contribution in [2.45, 2.75) is 37.0 Å². The van der Waals surface area contributed by atoms with Gasteiger partial charge in [0.25, 0.3) is 5.91 Å². The first-order chi connectivity index (χ1) is 20.9. The number of methoxy groups -OCH3 is 1. The highest BCUT2D eigenvalue weighted by Gasteiger charge is 2.50. The Morgan fingerprint density at radius 1 is 1.05 bits per heavy atom. The van der Waals surface area contributed by atoms with E-state index in [-0.39, 0.29) is 70.7 Å². The van der Waals surface area contributed by atoms with Gasteiger partial charge in [-0.1, -0.05) is 6.07 Å². The number of morpholine rings is 1. The van der Waals surface area contributed by atoms with E-state index in [0.29, 0.717) is 50.4 Å². The van der Waals surface area contributed by atoms with Gasteiger partial charge in [0.15, 0.2) is 0 Å². The molecule has 5 rings (SSSR count). The Morgan fingerprint density at radius 3 is 2.39 bits per heavy atom. The van der Waals surface area contributed by atoms with E-state index >= 15 is 4.39 Å². The second-order valence-electron chi connectivity index (χ2n) is 12.3. The Kier molecular flexibility index (Phi) is 9.71. The molecular formula is C30H40F4N4O6. The number of nitrogens with zero attached hydrogens (tertiary/aromatic N) is 4. The number of benzene rings is 1. The summed E-state index contributed by atoms with van der Waals surface area (Å²) in [6.45, 7) is 2.99. The SMILES string of the molecule is COC[C@H]1CN(C(=O)[C@@]2(F)CCN(CC(=O)N3CCOCC3)C2)C[C@@H]1c1ccc(C(F)(F)F)cc1N1CCC(C(=O)O)CC1. The topological polar surface area (TPSA) is 103 Å². The average Bonchev–Trinajstić information content (AvgIpc) is 3.60. The number of ether oxygens (including phenoxy) is 2. The second-order valence-corrected chi connectivity index (χ2v) is 12.3. The van der Waals surface area contributed by atoms with Crippen LogP contribution in [0.25, 0.3) is 0 Å². The Bertz CT molecular complexity index is 1220. The fraction of sp³-hybridized carbons (Fsp3) is 0.700. The van der Waals surface area contributed by atoms with E-state index in [1.54, 1.807) is 14.7 Å². The largest absolute Gasteiger partial charge is 0.481 e. The molecule has 0 spiro atoms. The lowest BCUT2D eigenvalue weighted by molar-refractivity contribution is -0.143. The van der Waals surface area contributed by atoms with Gasteiger partial charge >= 0.3 is 12.1 Å². The van der Waals surface area contributed by atoms with Crippen LogP contribution in [-0.4, -0.2) is 129 Å². The van der Waals surface area contributed by atoms with Crippen LogP contribution in [-0.2, 0) is 30.0 Å². The molecule has 0 unspecified atom stereocenters. The molecule has 3 atom stereocenters. The van der Waals surface area contributed by atoms with E-state index in [0.717, 1.165) is 12.1 Å². The van der Waals surface area contributed by atoms with Crippen LogP contribution in [0.3, 0.4) is 0 Å². The first kappa shape index (κ1) is 32.4. The highest BCUT2D eigenvalue weighted by atomic mass is 19.4. The van der Waals surface area contributed by atoms with Crippen molar-refractivity contribution >= 4 is 23.5 Å². The van der Waals surface area contributed by atoms with E-state index in [2.05, 4.69) is 0 Å². The van der Waals surface area contributed by atoms with E-state index in [9.17, 15) is 32.7 Å². The number of rotatable bonds is 8. The number of piperidine rings is 1. The van der Waals surface area contributed by atoms with Gasteiger partial charge in [-0.2, -0.15) is 13.2 Å². The van der Waals surface area contributed by atoms with Crippen LogP contribution in [0.15, 0.2) is 18.2 Å². The zero-order valence-electron chi connectivity index (χ0n) is 24.9. The predicted octanol–water partition coefficient (Wildman–Crippen LogP) is 2.47. The number of carboxylic acids is 1. The molecule has 244 valence electrons. The molecule has 44 heavy (non-hydrogen) atoms. The molecule has 1 aromatic rings. The van der Waals surface area contributed by atoms with Gasteiger partial charge in [-0.05, 0) is 30.5 Å². The lowest BCUT2D eigenvalue weighted by Crippen LogP contribution is -2.49. The zero-order valence-corrected chi connectivity index (χ0v) is 24.9. The summed E-state index contributed by atoms with van der Waals surface area (Å²) >= 11 is 0. The van der Waals surface area contributed by atoms with Crippen LogP contribution in [0, 0.1) is 11.8 Å². The number of hydrogen-bond acceptors (Lipinski definition) is 7. The maximum Gasteiger partial charge on any atom is 0.416 e. The maximum atomic E-state index is 16.2. The van der Waals surface area contributed by atoms with Crippen molar-refractivity contribution in [2.75, 3.05) is 90.7 Å². The van der Waals surface area contributed by atoms with Crippen molar-refractivity contribution in [2.24, 2.45) is 11.8 Å². The van der Waals surface area contributed by atoms with Gasteiger partial charge in [-0.3, -0.25) is 19.3 Å². The van der Waals surface area contributed by atoms with E-state index in [1.807, 2.05) is 0 Å². The van der Waals surface area contributed by atoms with Crippen LogP contribution in [0.1, 0.15) is 36.3 Å². The van der Waals surface area contributed by atoms with Gasteiger partial charge in [0.2, 0.25) is 11.6 Å². The van der Waals surface area contributed by atoms with Crippen molar-refractivity contribution < 1.29 is 46.5 Å². The summed E-state index contributed by atoms with van der Waals surface area (Å²) in [4.78, 5) is 44.4. The number of halogens is 4. The van der Waals surface area contributed by atoms with Gasteiger partial charge < -0.3 is 29.3 Å². The molecular weight excluding hydrogens is 588 g/mol. The molecule has 0 bridgehead atoms. The van der Waals surface area contributed by atoms with Gasteiger partial charge in [0.05, 0.1) is 37.8 Å². The summed E-state index contributed by atoms with van der Waals surface area (Å²) in [6, 6.07) is 3.55. The second kappa shape index (κ2) is 13.2. The molecule has 2 amide bonds. The van der Waals surface area contributed by atoms with Crippen LogP contribution in [0.5, 0.6) is 0 Å². The molecule has 4 aliphatic rings. The highest BCUT2D eigenvalue weighted by molar-refractivity contribution is 5.87. The minimum Gasteiger partial charge on any atom is -0.481 e. The number of likely N-dealkylation sites (tertiary alicyclic amines) is 2. The summed E-state index contributed by atoms with van der Waals surface area (Å²) < 4.78 is 68.2. The average molecular weight is 629 g/mol. The Balaban J connectivity index is 1.33. The van der Waals surface area contributed by atoms with Crippen LogP contribution >= 0.6 is 0 Å². The third-order valence-electron chi connectivity index (χ3n) is 9.46. The fourth-order valence-corrected chi connectivity index (χ4v) is 6.99. The summed E-state index contributed by atoms with van der Waals surface area (Å²) in [5, 5.41) is 9.40. The van der Waals surface area contributed by atoms with Gasteiger partial charge in [-0.15, -0.1) is 0 Å². The summed E-state index contributed by atoms with van der Waals surface area (Å²) in [7, 11) is 1.50. The van der Waals surface area contributed by atoms with Crippen molar-refractivity contribution in [1.29, 1.82) is 0 Å². The minimum atomic E-state index is -4.58.